The molecule has 1 unspecified atom stereocenters. The van der Waals surface area contributed by atoms with E-state index < -0.39 is 21.6 Å². The molecule has 1 aliphatic carbocycles. The number of benzene rings is 1. The molecule has 0 spiro atoms. The quantitative estimate of drug-likeness (QED) is 0.480. The first-order chi connectivity index (χ1) is 17.0. The Morgan fingerprint density at radius 2 is 1.97 bits per heavy atom. The molecule has 1 saturated carbocycles. The van der Waals surface area contributed by atoms with Gasteiger partial charge in [0, 0.05) is 37.0 Å². The molecular weight excluding hydrogens is 488 g/mol. The van der Waals surface area contributed by atoms with E-state index in [4.69, 9.17) is 8.92 Å². The number of aromatic amines is 1. The SMILES string of the molecule is CC1Cc2n[nH]c(C(=O)N(C)CC3(COS(C)(=O)=O)CC(OCc4ccccc4)C3)c2CN1C(=O)O. The minimum Gasteiger partial charge on any atom is -0.465 e. The van der Waals surface area contributed by atoms with Crippen LogP contribution < -0.4 is 0 Å². The Morgan fingerprint density at radius 1 is 1.28 bits per heavy atom. The van der Waals surface area contributed by atoms with Gasteiger partial charge in [-0.2, -0.15) is 13.5 Å². The highest BCUT2D eigenvalue weighted by molar-refractivity contribution is 7.85. The number of ether oxygens (including phenoxy) is 1. The fourth-order valence-corrected chi connectivity index (χ4v) is 5.46. The molecule has 1 aliphatic heterocycles. The molecule has 2 aromatic rings. The number of amides is 2. The lowest BCUT2D eigenvalue weighted by molar-refractivity contribution is -0.110. The molecule has 2 heterocycles. The lowest BCUT2D eigenvalue weighted by Crippen LogP contribution is -2.53. The summed E-state index contributed by atoms with van der Waals surface area (Å²) in [5, 5.41) is 16.5. The number of nitrogens with one attached hydrogen (secondary N) is 1. The fraction of sp³-hybridized carbons (Fsp3) is 0.542. The minimum absolute atomic E-state index is 0.0555. The Balaban J connectivity index is 1.44. The largest absolute Gasteiger partial charge is 0.465 e. The number of fused-ring (bicyclic) bond motifs is 1. The molecule has 0 bridgehead atoms. The third-order valence-corrected chi connectivity index (χ3v) is 7.46. The van der Waals surface area contributed by atoms with E-state index in [0.717, 1.165) is 11.8 Å². The summed E-state index contributed by atoms with van der Waals surface area (Å²) in [6.45, 7) is 2.52. The van der Waals surface area contributed by atoms with Crippen LogP contribution in [0.15, 0.2) is 30.3 Å². The summed E-state index contributed by atoms with van der Waals surface area (Å²) in [4.78, 5) is 27.7. The predicted molar refractivity (Wildman–Crippen MR) is 130 cm³/mol. The summed E-state index contributed by atoms with van der Waals surface area (Å²) in [5.74, 6) is -0.337. The van der Waals surface area contributed by atoms with E-state index in [-0.39, 0.29) is 43.4 Å². The van der Waals surface area contributed by atoms with Crippen molar-refractivity contribution in [1.82, 2.24) is 20.0 Å². The molecule has 2 aliphatic rings. The van der Waals surface area contributed by atoms with Crippen molar-refractivity contribution in [2.45, 2.75) is 51.5 Å². The monoisotopic (exact) mass is 520 g/mol. The third-order valence-electron chi connectivity index (χ3n) is 6.91. The average molecular weight is 521 g/mol. The number of rotatable bonds is 9. The molecule has 1 aromatic carbocycles. The zero-order valence-electron chi connectivity index (χ0n) is 20.6. The highest BCUT2D eigenvalue weighted by Crippen LogP contribution is 2.44. The molecule has 0 radical (unpaired) electrons. The minimum atomic E-state index is -3.66. The van der Waals surface area contributed by atoms with E-state index in [0.29, 0.717) is 37.1 Å². The second-order valence-corrected chi connectivity index (χ2v) is 11.6. The van der Waals surface area contributed by atoms with Gasteiger partial charge in [-0.05, 0) is 25.3 Å². The highest BCUT2D eigenvalue weighted by Gasteiger charge is 2.47. The predicted octanol–water partition coefficient (Wildman–Crippen LogP) is 2.25. The van der Waals surface area contributed by atoms with Crippen molar-refractivity contribution in [3.8, 4) is 0 Å². The standard InChI is InChI=1S/C24H32N4O7S/c1-16-9-20-19(12-28(16)23(30)31)21(26-25-20)22(29)27(2)14-24(15-35-36(3,32)33)10-18(11-24)34-13-17-7-5-4-6-8-17/h4-8,16,18H,9-15H2,1-3H3,(H,25,26)(H,30,31). The van der Waals surface area contributed by atoms with E-state index in [9.17, 15) is 23.1 Å². The zero-order chi connectivity index (χ0) is 26.1. The van der Waals surface area contributed by atoms with E-state index in [1.807, 2.05) is 30.3 Å². The molecule has 196 valence electrons. The van der Waals surface area contributed by atoms with Gasteiger partial charge >= 0.3 is 6.09 Å². The maximum atomic E-state index is 13.3. The van der Waals surface area contributed by atoms with Crippen molar-refractivity contribution in [2.75, 3.05) is 26.5 Å². The van der Waals surface area contributed by atoms with Crippen LogP contribution in [0.3, 0.4) is 0 Å². The van der Waals surface area contributed by atoms with Crippen LogP contribution in [0.25, 0.3) is 0 Å². The van der Waals surface area contributed by atoms with Crippen LogP contribution in [0.2, 0.25) is 0 Å². The van der Waals surface area contributed by atoms with Gasteiger partial charge in [0.1, 0.15) is 5.69 Å². The molecule has 12 heteroatoms. The van der Waals surface area contributed by atoms with Gasteiger partial charge in [0.2, 0.25) is 0 Å². The number of carbonyl (C=O) groups excluding carboxylic acids is 1. The molecule has 1 fully saturated rings. The van der Waals surface area contributed by atoms with Crippen LogP contribution >= 0.6 is 0 Å². The van der Waals surface area contributed by atoms with E-state index >= 15 is 0 Å². The van der Waals surface area contributed by atoms with Crippen LogP contribution in [0.5, 0.6) is 0 Å². The lowest BCUT2D eigenvalue weighted by atomic mass is 9.67. The number of H-pyrrole nitrogens is 1. The van der Waals surface area contributed by atoms with Crippen LogP contribution in [-0.2, 0) is 38.6 Å². The second-order valence-electron chi connectivity index (χ2n) is 9.94. The number of carboxylic acid groups (broad SMARTS) is 1. The van der Waals surface area contributed by atoms with Gasteiger partial charge < -0.3 is 19.6 Å². The van der Waals surface area contributed by atoms with E-state index in [1.54, 1.807) is 14.0 Å². The Hall–Kier alpha value is -2.96. The number of carbonyl (C=O) groups is 2. The van der Waals surface area contributed by atoms with Crippen molar-refractivity contribution >= 4 is 22.1 Å². The van der Waals surface area contributed by atoms with Crippen molar-refractivity contribution in [1.29, 1.82) is 0 Å². The Kier molecular flexibility index (Phi) is 7.39. The summed E-state index contributed by atoms with van der Waals surface area (Å²) in [6.07, 6.45) is 1.37. The Labute approximate surface area is 210 Å². The number of aromatic nitrogens is 2. The Morgan fingerprint density at radius 3 is 2.61 bits per heavy atom. The van der Waals surface area contributed by atoms with Crippen LogP contribution in [0, 0.1) is 5.41 Å². The summed E-state index contributed by atoms with van der Waals surface area (Å²) in [7, 11) is -2.02. The summed E-state index contributed by atoms with van der Waals surface area (Å²) < 4.78 is 34.5. The lowest BCUT2D eigenvalue weighted by Gasteiger charge is -2.48. The van der Waals surface area contributed by atoms with Crippen LogP contribution in [0.4, 0.5) is 4.79 Å². The first-order valence-electron chi connectivity index (χ1n) is 11.8. The normalized spacial score (nSPS) is 23.6. The molecular formula is C24H32N4O7S. The first kappa shape index (κ1) is 26.1. The molecule has 11 nitrogen and oxygen atoms in total. The molecule has 0 saturated heterocycles. The molecule has 36 heavy (non-hydrogen) atoms. The fourth-order valence-electron chi connectivity index (χ4n) is 4.99. The first-order valence-corrected chi connectivity index (χ1v) is 13.6. The average Bonchev–Trinajstić information content (AvgIpc) is 3.20. The smallest absolute Gasteiger partial charge is 0.407 e. The van der Waals surface area contributed by atoms with Gasteiger partial charge in [-0.3, -0.25) is 14.1 Å². The number of hydrogen-bond acceptors (Lipinski definition) is 7. The maximum Gasteiger partial charge on any atom is 0.407 e. The van der Waals surface area contributed by atoms with Gasteiger partial charge in [-0.15, -0.1) is 0 Å². The molecule has 1 aromatic heterocycles. The molecule has 4 rings (SSSR count). The zero-order valence-corrected chi connectivity index (χ0v) is 21.5. The van der Waals surface area contributed by atoms with Gasteiger partial charge in [0.15, 0.2) is 0 Å². The van der Waals surface area contributed by atoms with Crippen LogP contribution in [0.1, 0.15) is 47.1 Å². The van der Waals surface area contributed by atoms with Crippen molar-refractivity contribution in [3.05, 3.63) is 52.8 Å². The topological polar surface area (TPSA) is 142 Å². The maximum absolute atomic E-state index is 13.3. The van der Waals surface area contributed by atoms with Gasteiger partial charge in [-0.25, -0.2) is 4.79 Å². The highest BCUT2D eigenvalue weighted by atomic mass is 32.2. The van der Waals surface area contributed by atoms with Gasteiger partial charge in [0.25, 0.3) is 16.0 Å². The van der Waals surface area contributed by atoms with Crippen LogP contribution in [-0.4, -0.2) is 84.1 Å². The van der Waals surface area contributed by atoms with E-state index in [1.165, 1.54) is 9.80 Å². The van der Waals surface area contributed by atoms with Gasteiger partial charge in [0.05, 0.1) is 37.8 Å². The summed E-state index contributed by atoms with van der Waals surface area (Å²) >= 11 is 0. The van der Waals surface area contributed by atoms with Gasteiger partial charge in [-0.1, -0.05) is 30.3 Å². The van der Waals surface area contributed by atoms with Crippen molar-refractivity contribution in [3.63, 3.8) is 0 Å². The van der Waals surface area contributed by atoms with E-state index in [2.05, 4.69) is 10.2 Å². The summed E-state index contributed by atoms with van der Waals surface area (Å²) in [5.41, 5.74) is 1.97. The molecule has 1 atom stereocenters. The van der Waals surface area contributed by atoms with Crippen molar-refractivity contribution in [2.24, 2.45) is 5.41 Å². The number of hydrogen-bond donors (Lipinski definition) is 2. The second kappa shape index (κ2) is 10.2. The third kappa shape index (κ3) is 5.88. The number of nitrogens with zero attached hydrogens (tertiary/aromatic N) is 3. The molecule has 2 N–H and O–H groups in total. The Bertz CT molecular complexity index is 1210. The van der Waals surface area contributed by atoms with Crippen molar-refractivity contribution < 1.29 is 32.0 Å². The molecule has 2 amide bonds. The summed E-state index contributed by atoms with van der Waals surface area (Å²) in [6, 6.07) is 9.52.